The van der Waals surface area contributed by atoms with Crippen molar-refractivity contribution >= 4 is 21.9 Å². The van der Waals surface area contributed by atoms with E-state index in [1.165, 1.54) is 5.56 Å². The Bertz CT molecular complexity index is 380. The Balaban J connectivity index is 1.79. The first-order chi connectivity index (χ1) is 8.19. The van der Waals surface area contributed by atoms with Crippen molar-refractivity contribution in [3.8, 4) is 0 Å². The van der Waals surface area contributed by atoms with Crippen molar-refractivity contribution in [3.05, 3.63) is 34.3 Å². The van der Waals surface area contributed by atoms with Gasteiger partial charge in [-0.3, -0.25) is 4.79 Å². The summed E-state index contributed by atoms with van der Waals surface area (Å²) in [7, 11) is 0. The third-order valence-corrected chi connectivity index (χ3v) is 3.87. The third-order valence-electron chi connectivity index (χ3n) is 3.34. The van der Waals surface area contributed by atoms with Gasteiger partial charge in [-0.05, 0) is 49.3 Å². The summed E-state index contributed by atoms with van der Waals surface area (Å²) in [6.45, 7) is 2.34. The van der Waals surface area contributed by atoms with E-state index < -0.39 is 0 Å². The van der Waals surface area contributed by atoms with E-state index in [1.807, 2.05) is 6.92 Å². The molecule has 17 heavy (non-hydrogen) atoms. The highest BCUT2D eigenvalue weighted by molar-refractivity contribution is 9.10. The molecule has 1 saturated carbocycles. The molecule has 0 bridgehead atoms. The van der Waals surface area contributed by atoms with Crippen LogP contribution in [0.3, 0.4) is 0 Å². The molecule has 0 atom stereocenters. The molecule has 0 unspecified atom stereocenters. The lowest BCUT2D eigenvalue weighted by Gasteiger charge is -2.35. The number of halogens is 1. The van der Waals surface area contributed by atoms with Crippen molar-refractivity contribution in [1.82, 2.24) is 0 Å². The van der Waals surface area contributed by atoms with Crippen LogP contribution in [0.15, 0.2) is 28.7 Å². The lowest BCUT2D eigenvalue weighted by Crippen LogP contribution is -2.25. The highest BCUT2D eigenvalue weighted by Gasteiger charge is 2.31. The van der Waals surface area contributed by atoms with Crippen LogP contribution in [0.25, 0.3) is 0 Å². The third kappa shape index (κ3) is 3.32. The first-order valence-electron chi connectivity index (χ1n) is 6.10. The van der Waals surface area contributed by atoms with E-state index in [0.29, 0.717) is 24.9 Å². The molecule has 0 aliphatic heterocycles. The zero-order valence-corrected chi connectivity index (χ0v) is 11.6. The van der Waals surface area contributed by atoms with Crippen molar-refractivity contribution in [2.24, 2.45) is 5.92 Å². The average Bonchev–Trinajstić information content (AvgIpc) is 2.25. The number of rotatable bonds is 4. The van der Waals surface area contributed by atoms with Crippen molar-refractivity contribution in [1.29, 1.82) is 0 Å². The largest absolute Gasteiger partial charge is 0.466 e. The molecule has 0 aromatic heterocycles. The van der Waals surface area contributed by atoms with Gasteiger partial charge in [0, 0.05) is 10.9 Å². The predicted molar refractivity (Wildman–Crippen MR) is 70.9 cm³/mol. The van der Waals surface area contributed by atoms with Crippen molar-refractivity contribution in [2.75, 3.05) is 6.61 Å². The minimum Gasteiger partial charge on any atom is -0.466 e. The molecule has 0 N–H and O–H groups in total. The van der Waals surface area contributed by atoms with Crippen molar-refractivity contribution in [3.63, 3.8) is 0 Å². The van der Waals surface area contributed by atoms with Gasteiger partial charge in [0.2, 0.25) is 0 Å². The van der Waals surface area contributed by atoms with Crippen LogP contribution in [0.4, 0.5) is 0 Å². The Kier molecular flexibility index (Phi) is 4.21. The van der Waals surface area contributed by atoms with Gasteiger partial charge in [-0.25, -0.2) is 0 Å². The average molecular weight is 297 g/mol. The molecular formula is C14H17BrO2. The monoisotopic (exact) mass is 296 g/mol. The maximum Gasteiger partial charge on any atom is 0.306 e. The summed E-state index contributed by atoms with van der Waals surface area (Å²) >= 11 is 3.44. The van der Waals surface area contributed by atoms with Crippen molar-refractivity contribution < 1.29 is 9.53 Å². The van der Waals surface area contributed by atoms with E-state index in [4.69, 9.17) is 4.74 Å². The first-order valence-corrected chi connectivity index (χ1v) is 6.89. The van der Waals surface area contributed by atoms with Crippen LogP contribution in [-0.2, 0) is 9.53 Å². The van der Waals surface area contributed by atoms with Gasteiger partial charge in [0.1, 0.15) is 0 Å². The Hall–Kier alpha value is -0.830. The second kappa shape index (κ2) is 5.67. The molecule has 2 nitrogen and oxygen atoms in total. The lowest BCUT2D eigenvalue weighted by atomic mass is 9.70. The highest BCUT2D eigenvalue weighted by atomic mass is 79.9. The summed E-state index contributed by atoms with van der Waals surface area (Å²) in [5.41, 5.74) is 1.38. The van der Waals surface area contributed by atoms with Gasteiger partial charge in [-0.2, -0.15) is 0 Å². The summed E-state index contributed by atoms with van der Waals surface area (Å²) in [4.78, 5) is 11.3. The number of hydrogen-bond donors (Lipinski definition) is 0. The molecule has 3 heteroatoms. The Morgan fingerprint density at radius 2 is 2.00 bits per heavy atom. The lowest BCUT2D eigenvalue weighted by molar-refractivity contribution is -0.145. The summed E-state index contributed by atoms with van der Waals surface area (Å²) in [5, 5.41) is 0. The van der Waals surface area contributed by atoms with E-state index >= 15 is 0 Å². The van der Waals surface area contributed by atoms with Gasteiger partial charge in [-0.15, -0.1) is 0 Å². The van der Waals surface area contributed by atoms with Crippen LogP contribution in [0.5, 0.6) is 0 Å². The molecule has 0 amide bonds. The SMILES string of the molecule is CCOC(=O)CC1CC(c2ccc(Br)cc2)C1. The van der Waals surface area contributed by atoms with E-state index in [2.05, 4.69) is 40.2 Å². The van der Waals surface area contributed by atoms with Crippen LogP contribution >= 0.6 is 15.9 Å². The van der Waals surface area contributed by atoms with Gasteiger partial charge < -0.3 is 4.74 Å². The van der Waals surface area contributed by atoms with Crippen LogP contribution in [-0.4, -0.2) is 12.6 Å². The van der Waals surface area contributed by atoms with Crippen LogP contribution in [0.2, 0.25) is 0 Å². The molecule has 2 rings (SSSR count). The Morgan fingerprint density at radius 1 is 1.35 bits per heavy atom. The maximum absolute atomic E-state index is 11.3. The van der Waals surface area contributed by atoms with Crippen LogP contribution < -0.4 is 0 Å². The molecule has 92 valence electrons. The minimum absolute atomic E-state index is 0.0493. The molecular weight excluding hydrogens is 280 g/mol. The number of benzene rings is 1. The minimum atomic E-state index is -0.0493. The molecule has 1 aliphatic carbocycles. The molecule has 1 aromatic rings. The molecule has 0 heterocycles. The van der Waals surface area contributed by atoms with E-state index in [0.717, 1.165) is 17.3 Å². The fourth-order valence-electron chi connectivity index (χ4n) is 2.37. The normalized spacial score (nSPS) is 22.9. The molecule has 1 fully saturated rings. The molecule has 1 aliphatic rings. The van der Waals surface area contributed by atoms with Crippen LogP contribution in [0.1, 0.15) is 37.7 Å². The van der Waals surface area contributed by atoms with Gasteiger partial charge in [0.25, 0.3) is 0 Å². The predicted octanol–water partition coefficient (Wildman–Crippen LogP) is 3.90. The number of carbonyl (C=O) groups is 1. The fourth-order valence-corrected chi connectivity index (χ4v) is 2.63. The van der Waals surface area contributed by atoms with Gasteiger partial charge in [0.05, 0.1) is 6.61 Å². The van der Waals surface area contributed by atoms with Crippen molar-refractivity contribution in [2.45, 2.75) is 32.1 Å². The maximum atomic E-state index is 11.3. The molecule has 1 aromatic carbocycles. The molecule has 0 spiro atoms. The Morgan fingerprint density at radius 3 is 2.59 bits per heavy atom. The highest BCUT2D eigenvalue weighted by Crippen LogP contribution is 2.43. The quantitative estimate of drug-likeness (QED) is 0.788. The van der Waals surface area contributed by atoms with E-state index in [1.54, 1.807) is 0 Å². The standard InChI is InChI=1S/C14H17BrO2/c1-2-17-14(16)9-10-7-12(8-10)11-3-5-13(15)6-4-11/h3-6,10,12H,2,7-9H2,1H3. The summed E-state index contributed by atoms with van der Waals surface area (Å²) in [6.07, 6.45) is 2.81. The smallest absolute Gasteiger partial charge is 0.306 e. The first kappa shape index (κ1) is 12.6. The fraction of sp³-hybridized carbons (Fsp3) is 0.500. The topological polar surface area (TPSA) is 26.3 Å². The van der Waals surface area contributed by atoms with Gasteiger partial charge >= 0.3 is 5.97 Å². The number of esters is 1. The Labute approximate surface area is 110 Å². The van der Waals surface area contributed by atoms with E-state index in [-0.39, 0.29) is 5.97 Å². The van der Waals surface area contributed by atoms with Gasteiger partial charge in [0.15, 0.2) is 0 Å². The zero-order chi connectivity index (χ0) is 12.3. The summed E-state index contributed by atoms with van der Waals surface area (Å²) in [5.74, 6) is 1.09. The summed E-state index contributed by atoms with van der Waals surface area (Å²) in [6, 6.07) is 8.48. The second-order valence-corrected chi connectivity index (χ2v) is 5.51. The second-order valence-electron chi connectivity index (χ2n) is 4.60. The number of ether oxygens (including phenoxy) is 1. The van der Waals surface area contributed by atoms with Crippen LogP contribution in [0, 0.1) is 5.92 Å². The number of hydrogen-bond acceptors (Lipinski definition) is 2. The number of carbonyl (C=O) groups excluding carboxylic acids is 1. The van der Waals surface area contributed by atoms with Gasteiger partial charge in [-0.1, -0.05) is 28.1 Å². The van der Waals surface area contributed by atoms with E-state index in [9.17, 15) is 4.79 Å². The zero-order valence-electron chi connectivity index (χ0n) is 9.99. The molecule has 0 saturated heterocycles. The molecule has 0 radical (unpaired) electrons. The summed E-state index contributed by atoms with van der Waals surface area (Å²) < 4.78 is 6.07.